The molecule has 0 aliphatic heterocycles. The van der Waals surface area contributed by atoms with Crippen molar-refractivity contribution < 1.29 is 5.11 Å². The lowest BCUT2D eigenvalue weighted by atomic mass is 10.3. The summed E-state index contributed by atoms with van der Waals surface area (Å²) in [4.78, 5) is 0. The van der Waals surface area contributed by atoms with E-state index in [1.54, 1.807) is 18.2 Å². The maximum absolute atomic E-state index is 9.63. The molecule has 2 rings (SSSR count). The number of para-hydroxylation sites is 2. The highest BCUT2D eigenvalue weighted by molar-refractivity contribution is 5.44. The van der Waals surface area contributed by atoms with Crippen molar-refractivity contribution in [1.82, 2.24) is 20.2 Å². The number of phenolic OH excluding ortho intramolecular Hbond substituents is 1. The van der Waals surface area contributed by atoms with E-state index < -0.39 is 0 Å². The Balaban J connectivity index is 2.45. The van der Waals surface area contributed by atoms with Gasteiger partial charge in [0.1, 0.15) is 11.4 Å². The average molecular weight is 205 g/mol. The van der Waals surface area contributed by atoms with Gasteiger partial charge in [-0.1, -0.05) is 12.1 Å². The minimum absolute atomic E-state index is 0.142. The summed E-state index contributed by atoms with van der Waals surface area (Å²) in [6, 6.07) is 6.88. The van der Waals surface area contributed by atoms with E-state index in [1.807, 2.05) is 6.07 Å². The van der Waals surface area contributed by atoms with E-state index in [1.165, 1.54) is 4.68 Å². The zero-order valence-corrected chi connectivity index (χ0v) is 8.04. The number of tetrazole rings is 1. The number of phenols is 1. The Labute approximate surface area is 86.3 Å². The molecular formula is C9H11N5O. The van der Waals surface area contributed by atoms with Gasteiger partial charge in [-0.25, -0.2) is 0 Å². The highest BCUT2D eigenvalue weighted by atomic mass is 16.3. The minimum Gasteiger partial charge on any atom is -0.506 e. The molecule has 6 nitrogen and oxygen atoms in total. The van der Waals surface area contributed by atoms with Gasteiger partial charge < -0.3 is 10.8 Å². The van der Waals surface area contributed by atoms with Crippen LogP contribution in [0.25, 0.3) is 5.69 Å². The zero-order valence-electron chi connectivity index (χ0n) is 8.04. The summed E-state index contributed by atoms with van der Waals surface area (Å²) in [5.74, 6) is 0.780. The van der Waals surface area contributed by atoms with Crippen molar-refractivity contribution in [3.05, 3.63) is 30.1 Å². The van der Waals surface area contributed by atoms with E-state index in [0.717, 1.165) is 0 Å². The number of aromatic hydroxyl groups is 1. The van der Waals surface area contributed by atoms with Crippen LogP contribution in [0.1, 0.15) is 5.82 Å². The lowest BCUT2D eigenvalue weighted by Gasteiger charge is -2.04. The molecule has 3 N–H and O–H groups in total. The Hall–Kier alpha value is -1.95. The lowest BCUT2D eigenvalue weighted by Crippen LogP contribution is -2.09. The van der Waals surface area contributed by atoms with Gasteiger partial charge in [-0.15, -0.1) is 5.10 Å². The lowest BCUT2D eigenvalue weighted by molar-refractivity contribution is 0.469. The SMILES string of the molecule is NCCc1nnnn1-c1ccccc1O. The fourth-order valence-corrected chi connectivity index (χ4v) is 1.32. The quantitative estimate of drug-likeness (QED) is 0.728. The highest BCUT2D eigenvalue weighted by Crippen LogP contribution is 2.20. The molecule has 0 fully saturated rings. The van der Waals surface area contributed by atoms with Gasteiger partial charge >= 0.3 is 0 Å². The summed E-state index contributed by atoms with van der Waals surface area (Å²) in [5.41, 5.74) is 5.99. The van der Waals surface area contributed by atoms with Gasteiger partial charge in [0.2, 0.25) is 0 Å². The fraction of sp³-hybridized carbons (Fsp3) is 0.222. The van der Waals surface area contributed by atoms with E-state index in [9.17, 15) is 5.11 Å². The Bertz CT molecular complexity index is 453. The van der Waals surface area contributed by atoms with Crippen molar-refractivity contribution in [1.29, 1.82) is 0 Å². The van der Waals surface area contributed by atoms with Crippen molar-refractivity contribution >= 4 is 0 Å². The molecule has 0 spiro atoms. The van der Waals surface area contributed by atoms with Crippen molar-refractivity contribution in [3.8, 4) is 11.4 Å². The van der Waals surface area contributed by atoms with Gasteiger partial charge in [0.25, 0.3) is 0 Å². The summed E-state index contributed by atoms with van der Waals surface area (Å²) in [5, 5.41) is 20.8. The van der Waals surface area contributed by atoms with E-state index in [0.29, 0.717) is 24.5 Å². The Morgan fingerprint density at radius 2 is 2.13 bits per heavy atom. The van der Waals surface area contributed by atoms with Crippen LogP contribution >= 0.6 is 0 Å². The van der Waals surface area contributed by atoms with Crippen LogP contribution in [-0.2, 0) is 6.42 Å². The minimum atomic E-state index is 0.142. The van der Waals surface area contributed by atoms with Crippen LogP contribution in [0.5, 0.6) is 5.75 Å². The second-order valence-corrected chi connectivity index (χ2v) is 3.03. The van der Waals surface area contributed by atoms with Gasteiger partial charge in [-0.05, 0) is 29.1 Å². The number of benzene rings is 1. The summed E-state index contributed by atoms with van der Waals surface area (Å²) in [7, 11) is 0. The van der Waals surface area contributed by atoms with Crippen molar-refractivity contribution in [2.45, 2.75) is 6.42 Å². The number of rotatable bonds is 3. The molecule has 0 saturated heterocycles. The predicted molar refractivity (Wildman–Crippen MR) is 53.6 cm³/mol. The first-order valence-electron chi connectivity index (χ1n) is 4.58. The van der Waals surface area contributed by atoms with E-state index in [-0.39, 0.29) is 5.75 Å². The third kappa shape index (κ3) is 1.79. The molecule has 0 amide bonds. The maximum atomic E-state index is 9.63. The first kappa shape index (κ1) is 9.60. The summed E-state index contributed by atoms with van der Waals surface area (Å²) in [6.45, 7) is 0.466. The first-order chi connectivity index (χ1) is 7.33. The number of nitrogens with zero attached hydrogens (tertiary/aromatic N) is 4. The molecule has 0 aliphatic rings. The third-order valence-electron chi connectivity index (χ3n) is 2.01. The van der Waals surface area contributed by atoms with Gasteiger partial charge in [0.05, 0.1) is 0 Å². The second-order valence-electron chi connectivity index (χ2n) is 3.03. The highest BCUT2D eigenvalue weighted by Gasteiger charge is 2.09. The van der Waals surface area contributed by atoms with Crippen LogP contribution in [0, 0.1) is 0 Å². The van der Waals surface area contributed by atoms with Crippen LogP contribution in [0.4, 0.5) is 0 Å². The van der Waals surface area contributed by atoms with Crippen molar-refractivity contribution in [3.63, 3.8) is 0 Å². The van der Waals surface area contributed by atoms with Gasteiger partial charge in [0.15, 0.2) is 5.82 Å². The number of hydrogen-bond acceptors (Lipinski definition) is 5. The standard InChI is InChI=1S/C9H11N5O/c10-6-5-9-11-12-13-14(9)7-3-1-2-4-8(7)15/h1-4,15H,5-6,10H2. The Morgan fingerprint density at radius 1 is 1.33 bits per heavy atom. The third-order valence-corrected chi connectivity index (χ3v) is 2.01. The van der Waals surface area contributed by atoms with Crippen LogP contribution in [0.2, 0.25) is 0 Å². The largest absolute Gasteiger partial charge is 0.506 e. The van der Waals surface area contributed by atoms with Gasteiger partial charge in [-0.2, -0.15) is 4.68 Å². The molecule has 1 heterocycles. The molecule has 15 heavy (non-hydrogen) atoms. The molecule has 0 atom stereocenters. The molecule has 6 heteroatoms. The molecule has 78 valence electrons. The molecular weight excluding hydrogens is 194 g/mol. The molecule has 1 aromatic heterocycles. The summed E-state index contributed by atoms with van der Waals surface area (Å²) in [6.07, 6.45) is 0.571. The van der Waals surface area contributed by atoms with Crippen molar-refractivity contribution in [2.75, 3.05) is 6.54 Å². The maximum Gasteiger partial charge on any atom is 0.158 e. The number of aromatic nitrogens is 4. The smallest absolute Gasteiger partial charge is 0.158 e. The van der Waals surface area contributed by atoms with Crippen LogP contribution < -0.4 is 5.73 Å². The Morgan fingerprint density at radius 3 is 2.87 bits per heavy atom. The Kier molecular flexibility index (Phi) is 2.59. The molecule has 0 bridgehead atoms. The summed E-state index contributed by atoms with van der Waals surface area (Å²) >= 11 is 0. The summed E-state index contributed by atoms with van der Waals surface area (Å²) < 4.78 is 1.49. The number of nitrogens with two attached hydrogens (primary N) is 1. The normalized spacial score (nSPS) is 10.5. The topological polar surface area (TPSA) is 89.9 Å². The molecule has 0 saturated carbocycles. The predicted octanol–water partition coefficient (Wildman–Crippen LogP) is -0.131. The van der Waals surface area contributed by atoms with Crippen molar-refractivity contribution in [2.24, 2.45) is 5.73 Å². The van der Waals surface area contributed by atoms with Gasteiger partial charge in [0, 0.05) is 6.42 Å². The fourth-order valence-electron chi connectivity index (χ4n) is 1.32. The van der Waals surface area contributed by atoms with E-state index >= 15 is 0 Å². The van der Waals surface area contributed by atoms with Crippen LogP contribution in [0.15, 0.2) is 24.3 Å². The average Bonchev–Trinajstić information content (AvgIpc) is 2.67. The van der Waals surface area contributed by atoms with Crippen LogP contribution in [0.3, 0.4) is 0 Å². The molecule has 0 unspecified atom stereocenters. The number of hydrogen-bond donors (Lipinski definition) is 2. The first-order valence-corrected chi connectivity index (χ1v) is 4.58. The monoisotopic (exact) mass is 205 g/mol. The molecule has 0 radical (unpaired) electrons. The van der Waals surface area contributed by atoms with Crippen LogP contribution in [-0.4, -0.2) is 31.9 Å². The zero-order chi connectivity index (χ0) is 10.7. The molecule has 2 aromatic rings. The van der Waals surface area contributed by atoms with Gasteiger partial charge in [-0.3, -0.25) is 0 Å². The molecule has 1 aromatic carbocycles. The second kappa shape index (κ2) is 4.05. The van der Waals surface area contributed by atoms with E-state index in [4.69, 9.17) is 5.73 Å². The van der Waals surface area contributed by atoms with E-state index in [2.05, 4.69) is 15.5 Å². The molecule has 0 aliphatic carbocycles.